The lowest BCUT2D eigenvalue weighted by molar-refractivity contribution is -0.138. The van der Waals surface area contributed by atoms with Gasteiger partial charge < -0.3 is 15.4 Å². The van der Waals surface area contributed by atoms with E-state index < -0.39 is 17.3 Å². The first-order valence-corrected chi connectivity index (χ1v) is 9.37. The van der Waals surface area contributed by atoms with E-state index in [0.717, 1.165) is 11.6 Å². The number of aliphatic imine (C=N–C) groups is 1. The molecule has 0 saturated heterocycles. The molecule has 0 amide bonds. The fourth-order valence-corrected chi connectivity index (χ4v) is 2.64. The van der Waals surface area contributed by atoms with Gasteiger partial charge in [-0.25, -0.2) is 4.99 Å². The van der Waals surface area contributed by atoms with E-state index in [2.05, 4.69) is 20.7 Å². The lowest BCUT2D eigenvalue weighted by Gasteiger charge is -2.23. The average Bonchev–Trinajstić information content (AvgIpc) is 3.01. The second-order valence-corrected chi connectivity index (χ2v) is 7.60. The highest BCUT2D eigenvalue weighted by molar-refractivity contribution is 14.0. The topological polar surface area (TPSA) is 63.5 Å². The summed E-state index contributed by atoms with van der Waals surface area (Å²) in [6, 6.07) is 4.03. The minimum atomic E-state index is -4.49. The summed E-state index contributed by atoms with van der Waals surface area (Å²) in [6.07, 6.45) is -0.953. The van der Waals surface area contributed by atoms with E-state index in [0.29, 0.717) is 19.0 Å². The maximum atomic E-state index is 13.6. The first-order chi connectivity index (χ1) is 13.5. The summed E-state index contributed by atoms with van der Waals surface area (Å²) in [5.74, 6) is 0.616. The maximum Gasteiger partial charge on any atom is 0.416 e. The van der Waals surface area contributed by atoms with E-state index in [1.165, 1.54) is 6.07 Å². The van der Waals surface area contributed by atoms with E-state index >= 15 is 0 Å². The third kappa shape index (κ3) is 8.41. The molecule has 2 rings (SSSR count). The fraction of sp³-hybridized carbons (Fsp3) is 0.500. The monoisotopic (exact) mass is 539 g/mol. The molecule has 0 aliphatic rings. The molecule has 0 radical (unpaired) electrons. The van der Waals surface area contributed by atoms with Crippen LogP contribution in [0.5, 0.6) is 5.75 Å². The fourth-order valence-electron chi connectivity index (χ4n) is 2.64. The molecular formula is C20H29F3IN5O. The van der Waals surface area contributed by atoms with Gasteiger partial charge in [0.25, 0.3) is 0 Å². The number of ether oxygens (including phenoxy) is 1. The maximum absolute atomic E-state index is 13.6. The molecule has 1 heterocycles. The molecule has 0 saturated carbocycles. The molecule has 1 aromatic heterocycles. The Hall–Kier alpha value is -1.98. The first-order valence-electron chi connectivity index (χ1n) is 9.37. The van der Waals surface area contributed by atoms with E-state index in [1.807, 2.05) is 20.2 Å². The minimum Gasteiger partial charge on any atom is -0.488 e. The number of nitrogens with one attached hydrogen (secondary N) is 2. The van der Waals surface area contributed by atoms with Crippen molar-refractivity contribution in [2.75, 3.05) is 6.54 Å². The van der Waals surface area contributed by atoms with Crippen LogP contribution in [0.3, 0.4) is 0 Å². The van der Waals surface area contributed by atoms with E-state index in [4.69, 9.17) is 4.74 Å². The van der Waals surface area contributed by atoms with E-state index in [-0.39, 0.29) is 41.8 Å². The van der Waals surface area contributed by atoms with Crippen LogP contribution in [0.25, 0.3) is 0 Å². The van der Waals surface area contributed by atoms with Crippen LogP contribution < -0.4 is 15.4 Å². The molecule has 30 heavy (non-hydrogen) atoms. The van der Waals surface area contributed by atoms with Gasteiger partial charge >= 0.3 is 6.18 Å². The van der Waals surface area contributed by atoms with Crippen molar-refractivity contribution >= 4 is 29.9 Å². The summed E-state index contributed by atoms with van der Waals surface area (Å²) >= 11 is 0. The van der Waals surface area contributed by atoms with Crippen LogP contribution >= 0.6 is 24.0 Å². The Bertz CT molecular complexity index is 844. The van der Waals surface area contributed by atoms with Crippen LogP contribution in [0.4, 0.5) is 13.2 Å². The third-order valence-corrected chi connectivity index (χ3v) is 3.78. The van der Waals surface area contributed by atoms with Gasteiger partial charge in [-0.15, -0.1) is 24.0 Å². The zero-order valence-corrected chi connectivity index (χ0v) is 20.1. The number of halogens is 4. The van der Waals surface area contributed by atoms with Crippen molar-refractivity contribution in [3.8, 4) is 5.75 Å². The average molecular weight is 539 g/mol. The second kappa shape index (κ2) is 10.9. The Morgan fingerprint density at radius 3 is 2.43 bits per heavy atom. The Kier molecular flexibility index (Phi) is 9.44. The van der Waals surface area contributed by atoms with Gasteiger partial charge in [0.2, 0.25) is 0 Å². The van der Waals surface area contributed by atoms with Crippen LogP contribution in [0, 0.1) is 0 Å². The smallest absolute Gasteiger partial charge is 0.416 e. The quantitative estimate of drug-likeness (QED) is 0.323. The number of alkyl halides is 3. The molecule has 168 valence electrons. The summed E-state index contributed by atoms with van der Waals surface area (Å²) in [5, 5.41) is 10.1. The normalized spacial score (nSPS) is 12.3. The van der Waals surface area contributed by atoms with Gasteiger partial charge in [0.1, 0.15) is 11.4 Å². The molecule has 0 spiro atoms. The van der Waals surface area contributed by atoms with Gasteiger partial charge in [-0.2, -0.15) is 18.3 Å². The van der Waals surface area contributed by atoms with Crippen molar-refractivity contribution in [2.45, 2.75) is 52.6 Å². The van der Waals surface area contributed by atoms with Crippen molar-refractivity contribution in [3.05, 3.63) is 47.3 Å². The van der Waals surface area contributed by atoms with Crippen molar-refractivity contribution in [2.24, 2.45) is 12.0 Å². The molecule has 6 nitrogen and oxygen atoms in total. The third-order valence-electron chi connectivity index (χ3n) is 3.78. The molecule has 0 bridgehead atoms. The largest absolute Gasteiger partial charge is 0.488 e. The molecule has 1 aromatic carbocycles. The van der Waals surface area contributed by atoms with Crippen molar-refractivity contribution in [1.82, 2.24) is 20.4 Å². The van der Waals surface area contributed by atoms with Gasteiger partial charge in [0, 0.05) is 31.9 Å². The second-order valence-electron chi connectivity index (χ2n) is 7.60. The Balaban J connectivity index is 0.00000450. The predicted octanol–water partition coefficient (Wildman–Crippen LogP) is 4.49. The molecule has 2 N–H and O–H groups in total. The number of aryl methyl sites for hydroxylation is 1. The summed E-state index contributed by atoms with van der Waals surface area (Å²) in [5.41, 5.74) is -0.287. The summed E-state index contributed by atoms with van der Waals surface area (Å²) in [6.45, 7) is 8.19. The van der Waals surface area contributed by atoms with Crippen molar-refractivity contribution in [3.63, 3.8) is 0 Å². The van der Waals surface area contributed by atoms with Crippen molar-refractivity contribution in [1.29, 1.82) is 0 Å². The summed E-state index contributed by atoms with van der Waals surface area (Å²) in [7, 11) is 1.81. The first kappa shape index (κ1) is 26.1. The van der Waals surface area contributed by atoms with Crippen LogP contribution in [-0.4, -0.2) is 27.9 Å². The Labute approximate surface area is 192 Å². The van der Waals surface area contributed by atoms with Gasteiger partial charge in [-0.3, -0.25) is 4.68 Å². The number of guanidine groups is 1. The van der Waals surface area contributed by atoms with Crippen LogP contribution in [-0.2, 0) is 26.3 Å². The predicted molar refractivity (Wildman–Crippen MR) is 122 cm³/mol. The number of rotatable bonds is 6. The highest BCUT2D eigenvalue weighted by atomic mass is 127. The van der Waals surface area contributed by atoms with Gasteiger partial charge in [-0.1, -0.05) is 6.07 Å². The van der Waals surface area contributed by atoms with E-state index in [1.54, 1.807) is 37.7 Å². The highest BCUT2D eigenvalue weighted by Crippen LogP contribution is 2.35. The molecule has 0 aliphatic carbocycles. The lowest BCUT2D eigenvalue weighted by Crippen LogP contribution is -2.37. The van der Waals surface area contributed by atoms with Gasteiger partial charge in [0.15, 0.2) is 5.96 Å². The number of aromatic nitrogens is 2. The molecule has 2 aromatic rings. The zero-order chi connectivity index (χ0) is 21.7. The Morgan fingerprint density at radius 1 is 1.20 bits per heavy atom. The lowest BCUT2D eigenvalue weighted by atomic mass is 10.1. The van der Waals surface area contributed by atoms with Gasteiger partial charge in [-0.05, 0) is 45.4 Å². The highest BCUT2D eigenvalue weighted by Gasteiger charge is 2.34. The minimum absolute atomic E-state index is 0. The SMILES string of the molecule is CCNC(=NCc1cnn(C)c1)NCc1ccc(OC(C)(C)C)cc1C(F)(F)F.I. The summed E-state index contributed by atoms with van der Waals surface area (Å²) in [4.78, 5) is 4.41. The number of benzene rings is 1. The zero-order valence-electron chi connectivity index (χ0n) is 17.8. The molecule has 0 atom stereocenters. The van der Waals surface area contributed by atoms with Gasteiger partial charge in [0.05, 0.1) is 18.3 Å². The number of nitrogens with zero attached hydrogens (tertiary/aromatic N) is 3. The van der Waals surface area contributed by atoms with Crippen LogP contribution in [0.2, 0.25) is 0 Å². The Morgan fingerprint density at radius 2 is 1.90 bits per heavy atom. The summed E-state index contributed by atoms with van der Waals surface area (Å²) < 4.78 is 48.0. The molecule has 0 unspecified atom stereocenters. The molecular weight excluding hydrogens is 510 g/mol. The molecule has 0 fully saturated rings. The van der Waals surface area contributed by atoms with Crippen LogP contribution in [0.1, 0.15) is 44.4 Å². The van der Waals surface area contributed by atoms with Crippen LogP contribution in [0.15, 0.2) is 35.6 Å². The molecule has 0 aliphatic heterocycles. The number of hydrogen-bond donors (Lipinski definition) is 2. The van der Waals surface area contributed by atoms with E-state index in [9.17, 15) is 13.2 Å². The number of hydrogen-bond acceptors (Lipinski definition) is 3. The van der Waals surface area contributed by atoms with Crippen molar-refractivity contribution < 1.29 is 17.9 Å². The standard InChI is InChI=1S/C20H28F3N5O.HI/c1-6-24-18(25-10-14-11-27-28(5)13-14)26-12-15-7-8-16(29-19(2,3)4)9-17(15)20(21,22)23;/h7-9,11,13H,6,10,12H2,1-5H3,(H2,24,25,26);1H. The molecule has 10 heteroatoms.